The Balaban J connectivity index is 1.39. The maximum atomic E-state index is 12.8. The summed E-state index contributed by atoms with van der Waals surface area (Å²) < 4.78 is 6.42. The van der Waals surface area contributed by atoms with Crippen molar-refractivity contribution in [3.63, 3.8) is 0 Å². The zero-order valence-electron chi connectivity index (χ0n) is 17.7. The van der Waals surface area contributed by atoms with Crippen LogP contribution >= 0.6 is 39.3 Å². The zero-order chi connectivity index (χ0) is 24.1. The molecule has 0 radical (unpaired) electrons. The Morgan fingerprint density at radius 2 is 1.82 bits per heavy atom. The van der Waals surface area contributed by atoms with Gasteiger partial charge in [0.1, 0.15) is 5.75 Å². The summed E-state index contributed by atoms with van der Waals surface area (Å²) in [7, 11) is 0. The van der Waals surface area contributed by atoms with E-state index < -0.39 is 0 Å². The molecule has 0 atom stereocenters. The van der Waals surface area contributed by atoms with Crippen molar-refractivity contribution in [2.75, 3.05) is 11.9 Å². The van der Waals surface area contributed by atoms with Gasteiger partial charge in [0, 0.05) is 15.2 Å². The number of hydrogen-bond acceptors (Lipinski definition) is 5. The van der Waals surface area contributed by atoms with Gasteiger partial charge in [-0.25, -0.2) is 0 Å². The maximum absolute atomic E-state index is 12.8. The number of imide groups is 1. The van der Waals surface area contributed by atoms with E-state index in [1.165, 1.54) is 4.90 Å². The number of hydrogen-bond donors (Lipinski definition) is 1. The number of halogens is 2. The lowest BCUT2D eigenvalue weighted by Crippen LogP contribution is -2.27. The molecule has 34 heavy (non-hydrogen) atoms. The third-order valence-corrected chi connectivity index (χ3v) is 6.75. The molecule has 172 valence electrons. The lowest BCUT2D eigenvalue weighted by atomic mass is 10.2. The van der Waals surface area contributed by atoms with Crippen LogP contribution in [0.3, 0.4) is 0 Å². The Morgan fingerprint density at radius 1 is 1.06 bits per heavy atom. The Hall–Kier alpha value is -3.07. The molecule has 6 nitrogen and oxygen atoms in total. The molecular formula is C25H18BrClN2O4S. The Morgan fingerprint density at radius 3 is 2.59 bits per heavy atom. The number of ether oxygens (including phenoxy) is 1. The molecule has 4 rings (SSSR count). The second kappa shape index (κ2) is 10.9. The van der Waals surface area contributed by atoms with Crippen LogP contribution in [0.25, 0.3) is 6.08 Å². The van der Waals surface area contributed by atoms with Gasteiger partial charge in [0.15, 0.2) is 6.61 Å². The fourth-order valence-corrected chi connectivity index (χ4v) is 4.53. The lowest BCUT2D eigenvalue weighted by Gasteiger charge is -2.13. The van der Waals surface area contributed by atoms with Crippen LogP contribution in [0, 0.1) is 0 Å². The van der Waals surface area contributed by atoms with Gasteiger partial charge >= 0.3 is 0 Å². The van der Waals surface area contributed by atoms with Crippen molar-refractivity contribution in [2.24, 2.45) is 0 Å². The minimum atomic E-state index is -0.348. The summed E-state index contributed by atoms with van der Waals surface area (Å²) in [6, 6.07) is 21.2. The molecule has 0 aliphatic carbocycles. The molecule has 0 unspecified atom stereocenters. The van der Waals surface area contributed by atoms with E-state index in [1.807, 2.05) is 24.3 Å². The third kappa shape index (κ3) is 6.08. The second-order valence-corrected chi connectivity index (χ2v) is 9.56. The van der Waals surface area contributed by atoms with Crippen LogP contribution in [0.5, 0.6) is 5.75 Å². The molecule has 1 aliphatic rings. The molecule has 0 spiro atoms. The van der Waals surface area contributed by atoms with E-state index in [-0.39, 0.29) is 30.2 Å². The van der Waals surface area contributed by atoms with E-state index in [4.69, 9.17) is 16.3 Å². The van der Waals surface area contributed by atoms with Crippen LogP contribution in [-0.4, -0.2) is 28.6 Å². The first-order valence-electron chi connectivity index (χ1n) is 10.2. The van der Waals surface area contributed by atoms with E-state index >= 15 is 0 Å². The first kappa shape index (κ1) is 24.1. The van der Waals surface area contributed by atoms with Gasteiger partial charge in [-0.05, 0) is 71.4 Å². The number of benzene rings is 3. The smallest absolute Gasteiger partial charge is 0.293 e. The van der Waals surface area contributed by atoms with E-state index in [1.54, 1.807) is 54.6 Å². The highest BCUT2D eigenvalue weighted by molar-refractivity contribution is 9.10. The normalized spacial score (nSPS) is 14.5. The Labute approximate surface area is 214 Å². The number of nitrogens with zero attached hydrogens (tertiary/aromatic N) is 1. The van der Waals surface area contributed by atoms with Gasteiger partial charge in [-0.1, -0.05) is 57.9 Å². The van der Waals surface area contributed by atoms with Crippen molar-refractivity contribution < 1.29 is 19.1 Å². The average Bonchev–Trinajstić information content (AvgIpc) is 3.08. The standard InChI is InChI=1S/C25H18BrClN2O4S/c26-21-7-2-1-5-17(21)14-29-24(31)22(34-25(29)32)13-16-4-3-6-20(12-16)33-15-23(30)28-19-10-8-18(27)9-11-19/h1-13H,14-15H2,(H,28,30)/b22-13-. The summed E-state index contributed by atoms with van der Waals surface area (Å²) in [5.74, 6) is -0.201. The Bertz CT molecular complexity index is 1280. The van der Waals surface area contributed by atoms with Crippen LogP contribution in [0.4, 0.5) is 10.5 Å². The van der Waals surface area contributed by atoms with Crippen molar-refractivity contribution in [2.45, 2.75) is 6.54 Å². The van der Waals surface area contributed by atoms with Gasteiger partial charge in [-0.3, -0.25) is 19.3 Å². The monoisotopic (exact) mass is 556 g/mol. The molecule has 1 heterocycles. The minimum Gasteiger partial charge on any atom is -0.484 e. The molecule has 0 bridgehead atoms. The van der Waals surface area contributed by atoms with Crippen molar-refractivity contribution in [1.82, 2.24) is 4.90 Å². The fraction of sp³-hybridized carbons (Fsp3) is 0.0800. The van der Waals surface area contributed by atoms with Crippen molar-refractivity contribution >= 4 is 68.1 Å². The Kier molecular flexibility index (Phi) is 7.72. The van der Waals surface area contributed by atoms with Crippen molar-refractivity contribution in [1.29, 1.82) is 0 Å². The summed E-state index contributed by atoms with van der Waals surface area (Å²) in [6.07, 6.45) is 1.64. The molecule has 9 heteroatoms. The van der Waals surface area contributed by atoms with Crippen molar-refractivity contribution in [3.05, 3.63) is 98.3 Å². The first-order chi connectivity index (χ1) is 16.4. The molecule has 3 aromatic rings. The number of carbonyl (C=O) groups excluding carboxylic acids is 3. The van der Waals surface area contributed by atoms with Gasteiger partial charge in [-0.15, -0.1) is 0 Å². The summed E-state index contributed by atoms with van der Waals surface area (Å²) in [5, 5.41) is 2.98. The molecule has 1 N–H and O–H groups in total. The minimum absolute atomic E-state index is 0.186. The number of nitrogens with one attached hydrogen (secondary N) is 1. The molecule has 3 amide bonds. The SMILES string of the molecule is O=C(COc1cccc(/C=C2\SC(=O)N(Cc3ccccc3Br)C2=O)c1)Nc1ccc(Cl)cc1. The number of anilines is 1. The second-order valence-electron chi connectivity index (χ2n) is 7.28. The summed E-state index contributed by atoms with van der Waals surface area (Å²) in [6.45, 7) is 0.00383. The predicted molar refractivity (Wildman–Crippen MR) is 138 cm³/mol. The molecule has 1 fully saturated rings. The predicted octanol–water partition coefficient (Wildman–Crippen LogP) is 6.36. The molecule has 1 aliphatic heterocycles. The van der Waals surface area contributed by atoms with Gasteiger partial charge in [0.2, 0.25) is 0 Å². The van der Waals surface area contributed by atoms with Crippen molar-refractivity contribution in [3.8, 4) is 5.75 Å². The van der Waals surface area contributed by atoms with Crippen LogP contribution in [0.2, 0.25) is 5.02 Å². The van der Waals surface area contributed by atoms with E-state index in [0.717, 1.165) is 21.8 Å². The molecule has 0 saturated carbocycles. The fourth-order valence-electron chi connectivity index (χ4n) is 3.16. The van der Waals surface area contributed by atoms with Crippen LogP contribution < -0.4 is 10.1 Å². The van der Waals surface area contributed by atoms with E-state index in [0.29, 0.717) is 26.9 Å². The largest absolute Gasteiger partial charge is 0.484 e. The topological polar surface area (TPSA) is 75.7 Å². The number of amides is 3. The van der Waals surface area contributed by atoms with Crippen LogP contribution in [-0.2, 0) is 16.1 Å². The number of carbonyl (C=O) groups is 3. The average molecular weight is 558 g/mol. The highest BCUT2D eigenvalue weighted by Crippen LogP contribution is 2.34. The highest BCUT2D eigenvalue weighted by atomic mass is 79.9. The quantitative estimate of drug-likeness (QED) is 0.342. The van der Waals surface area contributed by atoms with E-state index in [9.17, 15) is 14.4 Å². The van der Waals surface area contributed by atoms with Crippen LogP contribution in [0.1, 0.15) is 11.1 Å². The first-order valence-corrected chi connectivity index (χ1v) is 12.1. The molecule has 3 aromatic carbocycles. The molecule has 0 aromatic heterocycles. The van der Waals surface area contributed by atoms with Gasteiger partial charge < -0.3 is 10.1 Å². The maximum Gasteiger partial charge on any atom is 0.293 e. The molecular weight excluding hydrogens is 540 g/mol. The van der Waals surface area contributed by atoms with E-state index in [2.05, 4.69) is 21.2 Å². The van der Waals surface area contributed by atoms with Gasteiger partial charge in [0.05, 0.1) is 11.4 Å². The third-order valence-electron chi connectivity index (χ3n) is 4.81. The number of rotatable bonds is 7. The van der Waals surface area contributed by atoms with Crippen LogP contribution in [0.15, 0.2) is 82.2 Å². The summed E-state index contributed by atoms with van der Waals surface area (Å²) in [4.78, 5) is 39.0. The summed E-state index contributed by atoms with van der Waals surface area (Å²) >= 11 is 10.2. The summed E-state index contributed by atoms with van der Waals surface area (Å²) in [5.41, 5.74) is 2.14. The molecule has 1 saturated heterocycles. The van der Waals surface area contributed by atoms with Gasteiger partial charge in [-0.2, -0.15) is 0 Å². The number of thioether (sulfide) groups is 1. The van der Waals surface area contributed by atoms with Gasteiger partial charge in [0.25, 0.3) is 17.1 Å². The lowest BCUT2D eigenvalue weighted by molar-refractivity contribution is -0.123. The highest BCUT2D eigenvalue weighted by Gasteiger charge is 2.35. The zero-order valence-corrected chi connectivity index (χ0v) is 20.8.